The van der Waals surface area contributed by atoms with E-state index in [-0.39, 0.29) is 11.8 Å². The predicted octanol–water partition coefficient (Wildman–Crippen LogP) is 1.58. The molecule has 1 amide bonds. The van der Waals surface area contributed by atoms with E-state index in [1.165, 1.54) is 0 Å². The second-order valence-electron chi connectivity index (χ2n) is 6.44. The van der Waals surface area contributed by atoms with E-state index in [0.29, 0.717) is 6.54 Å². The lowest BCUT2D eigenvalue weighted by Gasteiger charge is -2.28. The molecule has 1 aromatic heterocycles. The molecule has 0 saturated carbocycles. The Balaban J connectivity index is 1.51. The highest BCUT2D eigenvalue weighted by Crippen LogP contribution is 2.25. The fraction of sp³-hybridized carbons (Fsp3) is 0.444. The number of ether oxygens (including phenoxy) is 1. The number of aromatic nitrogens is 2. The van der Waals surface area contributed by atoms with Crippen LogP contribution in [-0.4, -0.2) is 47.5 Å². The molecule has 2 aliphatic rings. The Morgan fingerprint density at radius 2 is 2.17 bits per heavy atom. The van der Waals surface area contributed by atoms with Crippen molar-refractivity contribution < 1.29 is 9.53 Å². The number of fused-ring (bicyclic) bond motifs is 1. The minimum Gasteiger partial charge on any atom is -0.497 e. The molecule has 6 heteroatoms. The van der Waals surface area contributed by atoms with Gasteiger partial charge in [0.15, 0.2) is 0 Å². The quantitative estimate of drug-likeness (QED) is 0.898. The van der Waals surface area contributed by atoms with Gasteiger partial charge in [0.05, 0.1) is 31.0 Å². The summed E-state index contributed by atoms with van der Waals surface area (Å²) >= 11 is 0. The van der Waals surface area contributed by atoms with Gasteiger partial charge in [0.2, 0.25) is 5.91 Å². The summed E-state index contributed by atoms with van der Waals surface area (Å²) in [6.07, 6.45) is 1.76. The second-order valence-corrected chi connectivity index (χ2v) is 6.44. The van der Waals surface area contributed by atoms with Crippen LogP contribution in [0, 0.1) is 5.92 Å². The number of methoxy groups -OCH3 is 1. The average Bonchev–Trinajstić information content (AvgIpc) is 3.30. The molecule has 2 N–H and O–H groups in total. The Morgan fingerprint density at radius 3 is 2.88 bits per heavy atom. The third kappa shape index (κ3) is 2.78. The molecule has 1 atom stereocenters. The summed E-state index contributed by atoms with van der Waals surface area (Å²) < 4.78 is 5.20. The number of imidazole rings is 1. The maximum Gasteiger partial charge on any atom is 0.227 e. The summed E-state index contributed by atoms with van der Waals surface area (Å²) in [5, 5.41) is 3.27. The molecule has 3 heterocycles. The highest BCUT2D eigenvalue weighted by Gasteiger charge is 2.30. The maximum absolute atomic E-state index is 12.6. The Hall–Kier alpha value is -2.34. The first-order valence-electron chi connectivity index (χ1n) is 8.46. The first-order valence-corrected chi connectivity index (χ1v) is 8.46. The van der Waals surface area contributed by atoms with Crippen LogP contribution in [0.25, 0.3) is 11.4 Å². The molecule has 1 fully saturated rings. The molecular weight excluding hydrogens is 304 g/mol. The number of benzene rings is 1. The van der Waals surface area contributed by atoms with E-state index in [9.17, 15) is 4.79 Å². The summed E-state index contributed by atoms with van der Waals surface area (Å²) in [4.78, 5) is 22.7. The van der Waals surface area contributed by atoms with Crippen LogP contribution in [-0.2, 0) is 17.8 Å². The van der Waals surface area contributed by atoms with Gasteiger partial charge in [-0.15, -0.1) is 0 Å². The number of hydrogen-bond acceptors (Lipinski definition) is 4. The molecule has 2 aromatic rings. The Kier molecular flexibility index (Phi) is 3.98. The molecule has 126 valence electrons. The summed E-state index contributed by atoms with van der Waals surface area (Å²) in [5.74, 6) is 2.10. The van der Waals surface area contributed by atoms with Crippen LogP contribution in [0.4, 0.5) is 0 Å². The van der Waals surface area contributed by atoms with Gasteiger partial charge in [-0.3, -0.25) is 4.79 Å². The summed E-state index contributed by atoms with van der Waals surface area (Å²) in [7, 11) is 1.66. The average molecular weight is 326 g/mol. The lowest BCUT2D eigenvalue weighted by atomic mass is 10.0. The van der Waals surface area contributed by atoms with E-state index in [0.717, 1.165) is 61.0 Å². The van der Waals surface area contributed by atoms with Crippen LogP contribution < -0.4 is 10.1 Å². The van der Waals surface area contributed by atoms with E-state index < -0.39 is 0 Å². The van der Waals surface area contributed by atoms with Crippen LogP contribution in [0.2, 0.25) is 0 Å². The summed E-state index contributed by atoms with van der Waals surface area (Å²) in [6.45, 7) is 3.15. The number of H-pyrrole nitrogens is 1. The van der Waals surface area contributed by atoms with E-state index >= 15 is 0 Å². The predicted molar refractivity (Wildman–Crippen MR) is 90.7 cm³/mol. The third-order valence-electron chi connectivity index (χ3n) is 4.92. The Bertz CT molecular complexity index is 732. The minimum absolute atomic E-state index is 0.135. The van der Waals surface area contributed by atoms with Gasteiger partial charge in [0, 0.05) is 25.1 Å². The summed E-state index contributed by atoms with van der Waals surface area (Å²) in [6, 6.07) is 7.85. The van der Waals surface area contributed by atoms with E-state index in [1.807, 2.05) is 29.2 Å². The first-order chi connectivity index (χ1) is 11.7. The van der Waals surface area contributed by atoms with Crippen molar-refractivity contribution in [2.24, 2.45) is 5.92 Å². The first kappa shape index (κ1) is 15.2. The van der Waals surface area contributed by atoms with Crippen molar-refractivity contribution in [3.8, 4) is 17.1 Å². The lowest BCUT2D eigenvalue weighted by molar-refractivity contribution is -0.135. The number of hydrogen-bond donors (Lipinski definition) is 2. The highest BCUT2D eigenvalue weighted by molar-refractivity contribution is 5.79. The number of aromatic amines is 1. The van der Waals surface area contributed by atoms with Gasteiger partial charge >= 0.3 is 0 Å². The van der Waals surface area contributed by atoms with Crippen molar-refractivity contribution in [3.63, 3.8) is 0 Å². The molecule has 1 aromatic carbocycles. The van der Waals surface area contributed by atoms with Gasteiger partial charge < -0.3 is 19.9 Å². The fourth-order valence-corrected chi connectivity index (χ4v) is 3.49. The molecule has 0 spiro atoms. The van der Waals surface area contributed by atoms with Gasteiger partial charge in [-0.05, 0) is 37.2 Å². The molecule has 6 nitrogen and oxygen atoms in total. The number of carbonyl (C=O) groups excluding carboxylic acids is 1. The van der Waals surface area contributed by atoms with Gasteiger partial charge in [0.25, 0.3) is 0 Å². The van der Waals surface area contributed by atoms with E-state index in [2.05, 4.69) is 10.3 Å². The van der Waals surface area contributed by atoms with Crippen molar-refractivity contribution in [2.75, 3.05) is 26.7 Å². The third-order valence-corrected chi connectivity index (χ3v) is 4.92. The van der Waals surface area contributed by atoms with Gasteiger partial charge in [0.1, 0.15) is 11.6 Å². The SMILES string of the molecule is COc1ccc(-c2nc3c([nH]2)CN(C(=O)[C@@H]2CCNC2)CC3)cc1. The zero-order valence-corrected chi connectivity index (χ0v) is 13.8. The minimum atomic E-state index is 0.135. The largest absolute Gasteiger partial charge is 0.497 e. The molecular formula is C18H22N4O2. The van der Waals surface area contributed by atoms with Crippen LogP contribution in [0.5, 0.6) is 5.75 Å². The molecule has 0 radical (unpaired) electrons. The number of nitrogens with zero attached hydrogens (tertiary/aromatic N) is 2. The molecule has 0 unspecified atom stereocenters. The Morgan fingerprint density at radius 1 is 1.33 bits per heavy atom. The number of rotatable bonds is 3. The van der Waals surface area contributed by atoms with Crippen LogP contribution >= 0.6 is 0 Å². The molecule has 1 saturated heterocycles. The molecule has 2 aliphatic heterocycles. The van der Waals surface area contributed by atoms with Crippen molar-refractivity contribution in [1.82, 2.24) is 20.2 Å². The van der Waals surface area contributed by atoms with Crippen molar-refractivity contribution in [2.45, 2.75) is 19.4 Å². The van der Waals surface area contributed by atoms with Crippen molar-refractivity contribution in [1.29, 1.82) is 0 Å². The molecule has 0 bridgehead atoms. The fourth-order valence-electron chi connectivity index (χ4n) is 3.49. The lowest BCUT2D eigenvalue weighted by Crippen LogP contribution is -2.40. The molecule has 24 heavy (non-hydrogen) atoms. The highest BCUT2D eigenvalue weighted by atomic mass is 16.5. The van der Waals surface area contributed by atoms with Gasteiger partial charge in [-0.25, -0.2) is 4.98 Å². The van der Waals surface area contributed by atoms with E-state index in [4.69, 9.17) is 9.72 Å². The van der Waals surface area contributed by atoms with Crippen LogP contribution in [0.1, 0.15) is 17.8 Å². The zero-order valence-electron chi connectivity index (χ0n) is 13.8. The maximum atomic E-state index is 12.6. The molecule has 4 rings (SSSR count). The zero-order chi connectivity index (χ0) is 16.5. The standard InChI is InChI=1S/C18H22N4O2/c1-24-14-4-2-12(3-5-14)17-20-15-7-9-22(11-16(15)21-17)18(23)13-6-8-19-10-13/h2-5,13,19H,6-11H2,1H3,(H,20,21)/t13-/m1/s1. The van der Waals surface area contributed by atoms with Gasteiger partial charge in [-0.1, -0.05) is 0 Å². The molecule has 0 aliphatic carbocycles. The van der Waals surface area contributed by atoms with Crippen molar-refractivity contribution in [3.05, 3.63) is 35.7 Å². The Labute approximate surface area is 141 Å². The van der Waals surface area contributed by atoms with Crippen LogP contribution in [0.15, 0.2) is 24.3 Å². The number of nitrogens with one attached hydrogen (secondary N) is 2. The van der Waals surface area contributed by atoms with Crippen LogP contribution in [0.3, 0.4) is 0 Å². The second kappa shape index (κ2) is 6.28. The number of amides is 1. The smallest absolute Gasteiger partial charge is 0.227 e. The van der Waals surface area contributed by atoms with Gasteiger partial charge in [-0.2, -0.15) is 0 Å². The normalized spacial score (nSPS) is 20.0. The topological polar surface area (TPSA) is 70.2 Å². The summed E-state index contributed by atoms with van der Waals surface area (Å²) in [5.41, 5.74) is 3.17. The van der Waals surface area contributed by atoms with Crippen molar-refractivity contribution >= 4 is 5.91 Å². The monoisotopic (exact) mass is 326 g/mol. The number of carbonyl (C=O) groups is 1. The van der Waals surface area contributed by atoms with E-state index in [1.54, 1.807) is 7.11 Å².